The molecule has 0 spiro atoms. The fourth-order valence-electron chi connectivity index (χ4n) is 2.25. The Bertz CT molecular complexity index is 514. The summed E-state index contributed by atoms with van der Waals surface area (Å²) in [5.74, 6) is -1.76. The summed E-state index contributed by atoms with van der Waals surface area (Å²) in [5, 5.41) is 2.64. The maximum Gasteiger partial charge on any atom is 0.245 e. The van der Waals surface area contributed by atoms with E-state index < -0.39 is 17.7 Å². The van der Waals surface area contributed by atoms with Crippen LogP contribution in [0.5, 0.6) is 0 Å². The Balaban J connectivity index is 2.18. The molecule has 1 aromatic rings. The van der Waals surface area contributed by atoms with Crippen LogP contribution in [0.3, 0.4) is 0 Å². The number of hydrogen-bond donors (Lipinski definition) is 1. The van der Waals surface area contributed by atoms with E-state index in [9.17, 15) is 18.4 Å². The molecule has 20 heavy (non-hydrogen) atoms. The van der Waals surface area contributed by atoms with Crippen molar-refractivity contribution in [2.45, 2.75) is 32.4 Å². The quantitative estimate of drug-likeness (QED) is 0.915. The molecule has 108 valence electrons. The average Bonchev–Trinajstić information content (AvgIpc) is 2.50. The average molecular weight is 282 g/mol. The van der Waals surface area contributed by atoms with Crippen molar-refractivity contribution >= 4 is 11.8 Å². The highest BCUT2D eigenvalue weighted by molar-refractivity contribution is 5.89. The first-order valence-corrected chi connectivity index (χ1v) is 6.52. The largest absolute Gasteiger partial charge is 0.344 e. The summed E-state index contributed by atoms with van der Waals surface area (Å²) in [7, 11) is 0. The second-order valence-electron chi connectivity index (χ2n) is 4.82. The minimum absolute atomic E-state index is 0.0962. The number of halogens is 2. The van der Waals surface area contributed by atoms with Crippen molar-refractivity contribution in [3.05, 3.63) is 35.4 Å². The first-order valence-electron chi connectivity index (χ1n) is 6.52. The van der Waals surface area contributed by atoms with Gasteiger partial charge in [0.05, 0.1) is 0 Å². The molecule has 1 saturated heterocycles. The van der Waals surface area contributed by atoms with E-state index in [1.165, 1.54) is 17.0 Å². The fraction of sp³-hybridized carbons (Fsp3) is 0.429. The van der Waals surface area contributed by atoms with Gasteiger partial charge >= 0.3 is 0 Å². The maximum atomic E-state index is 13.2. The molecule has 4 nitrogen and oxygen atoms in total. The molecule has 0 radical (unpaired) electrons. The molecule has 1 unspecified atom stereocenters. The van der Waals surface area contributed by atoms with Gasteiger partial charge in [-0.1, -0.05) is 6.92 Å². The minimum Gasteiger partial charge on any atom is -0.344 e. The molecular weight excluding hydrogens is 266 g/mol. The van der Waals surface area contributed by atoms with Crippen LogP contribution in [-0.2, 0) is 16.1 Å². The zero-order valence-electron chi connectivity index (χ0n) is 11.2. The van der Waals surface area contributed by atoms with Crippen LogP contribution < -0.4 is 5.32 Å². The number of nitrogens with one attached hydrogen (secondary N) is 1. The van der Waals surface area contributed by atoms with E-state index >= 15 is 0 Å². The highest BCUT2D eigenvalue weighted by atomic mass is 19.1. The molecule has 2 amide bonds. The van der Waals surface area contributed by atoms with E-state index in [1.54, 1.807) is 6.92 Å². The third-order valence-corrected chi connectivity index (χ3v) is 3.26. The standard InChI is InChI=1S/C14H16F2N2O2/c1-2-12-14(20)18(4-3-13(19)17-12)8-9-5-10(15)7-11(16)6-9/h5-7,12H,2-4,8H2,1H3,(H,17,19). The molecule has 1 aliphatic rings. The zero-order chi connectivity index (χ0) is 14.7. The number of carbonyl (C=O) groups is 2. The van der Waals surface area contributed by atoms with Crippen molar-refractivity contribution < 1.29 is 18.4 Å². The Morgan fingerprint density at radius 1 is 1.25 bits per heavy atom. The van der Waals surface area contributed by atoms with Gasteiger partial charge in [0.25, 0.3) is 0 Å². The summed E-state index contributed by atoms with van der Waals surface area (Å²) in [6.45, 7) is 2.15. The molecule has 1 atom stereocenters. The van der Waals surface area contributed by atoms with Crippen LogP contribution in [0.25, 0.3) is 0 Å². The summed E-state index contributed by atoms with van der Waals surface area (Å²) >= 11 is 0. The summed E-state index contributed by atoms with van der Waals surface area (Å²) in [6, 6.07) is 2.60. The third kappa shape index (κ3) is 3.31. The third-order valence-electron chi connectivity index (χ3n) is 3.26. The second kappa shape index (κ2) is 5.98. The van der Waals surface area contributed by atoms with E-state index in [0.717, 1.165) is 6.07 Å². The van der Waals surface area contributed by atoms with Crippen molar-refractivity contribution in [1.82, 2.24) is 10.2 Å². The first kappa shape index (κ1) is 14.4. The SMILES string of the molecule is CCC1NC(=O)CCN(Cc2cc(F)cc(F)c2)C1=O. The van der Waals surface area contributed by atoms with Crippen LogP contribution in [0.4, 0.5) is 8.78 Å². The molecule has 1 N–H and O–H groups in total. The summed E-state index contributed by atoms with van der Waals surface area (Å²) in [6.07, 6.45) is 0.679. The molecule has 2 rings (SSSR count). The number of amides is 2. The lowest BCUT2D eigenvalue weighted by molar-refractivity contribution is -0.134. The highest BCUT2D eigenvalue weighted by Gasteiger charge is 2.28. The minimum atomic E-state index is -0.677. The summed E-state index contributed by atoms with van der Waals surface area (Å²) < 4.78 is 26.3. The monoisotopic (exact) mass is 282 g/mol. The van der Waals surface area contributed by atoms with Crippen molar-refractivity contribution in [1.29, 1.82) is 0 Å². The van der Waals surface area contributed by atoms with E-state index in [2.05, 4.69) is 5.32 Å². The molecule has 1 aromatic carbocycles. The van der Waals surface area contributed by atoms with Gasteiger partial charge in [0.15, 0.2) is 0 Å². The van der Waals surface area contributed by atoms with Gasteiger partial charge in [0, 0.05) is 25.6 Å². The maximum absolute atomic E-state index is 13.2. The van der Waals surface area contributed by atoms with Crippen molar-refractivity contribution in [2.75, 3.05) is 6.54 Å². The summed E-state index contributed by atoms with van der Waals surface area (Å²) in [4.78, 5) is 25.2. The van der Waals surface area contributed by atoms with E-state index in [4.69, 9.17) is 0 Å². The Morgan fingerprint density at radius 3 is 2.50 bits per heavy atom. The molecule has 0 saturated carbocycles. The predicted octanol–water partition coefficient (Wildman–Crippen LogP) is 1.59. The van der Waals surface area contributed by atoms with E-state index in [0.29, 0.717) is 12.0 Å². The van der Waals surface area contributed by atoms with E-state index in [-0.39, 0.29) is 31.3 Å². The molecule has 0 aliphatic carbocycles. The van der Waals surface area contributed by atoms with Crippen molar-refractivity contribution in [3.8, 4) is 0 Å². The topological polar surface area (TPSA) is 49.4 Å². The van der Waals surface area contributed by atoms with Gasteiger partial charge in [0.2, 0.25) is 11.8 Å². The molecule has 1 heterocycles. The van der Waals surface area contributed by atoms with Crippen LogP contribution in [0, 0.1) is 11.6 Å². The number of hydrogen-bond acceptors (Lipinski definition) is 2. The van der Waals surface area contributed by atoms with Gasteiger partial charge in [0.1, 0.15) is 17.7 Å². The van der Waals surface area contributed by atoms with Gasteiger partial charge in [-0.2, -0.15) is 0 Å². The fourth-order valence-corrected chi connectivity index (χ4v) is 2.25. The van der Waals surface area contributed by atoms with Crippen molar-refractivity contribution in [2.24, 2.45) is 0 Å². The van der Waals surface area contributed by atoms with Crippen LogP contribution in [0.1, 0.15) is 25.3 Å². The molecular formula is C14H16F2N2O2. The predicted molar refractivity (Wildman–Crippen MR) is 68.6 cm³/mol. The Kier molecular flexibility index (Phi) is 4.32. The Morgan fingerprint density at radius 2 is 1.90 bits per heavy atom. The van der Waals surface area contributed by atoms with Crippen LogP contribution in [-0.4, -0.2) is 29.3 Å². The molecule has 0 aromatic heterocycles. The first-order chi connectivity index (χ1) is 9.49. The van der Waals surface area contributed by atoms with Crippen LogP contribution in [0.2, 0.25) is 0 Å². The lowest BCUT2D eigenvalue weighted by atomic mass is 10.1. The highest BCUT2D eigenvalue weighted by Crippen LogP contribution is 2.14. The Labute approximate surface area is 115 Å². The lowest BCUT2D eigenvalue weighted by Crippen LogP contribution is -2.43. The van der Waals surface area contributed by atoms with Gasteiger partial charge in [-0.25, -0.2) is 8.78 Å². The lowest BCUT2D eigenvalue weighted by Gasteiger charge is -2.23. The second-order valence-corrected chi connectivity index (χ2v) is 4.82. The van der Waals surface area contributed by atoms with Crippen molar-refractivity contribution in [3.63, 3.8) is 0 Å². The molecule has 6 heteroatoms. The zero-order valence-corrected chi connectivity index (χ0v) is 11.2. The Hall–Kier alpha value is -1.98. The van der Waals surface area contributed by atoms with Gasteiger partial charge in [-0.3, -0.25) is 9.59 Å². The van der Waals surface area contributed by atoms with Crippen LogP contribution in [0.15, 0.2) is 18.2 Å². The molecule has 0 bridgehead atoms. The van der Waals surface area contributed by atoms with Gasteiger partial charge in [-0.05, 0) is 24.1 Å². The van der Waals surface area contributed by atoms with Crippen LogP contribution >= 0.6 is 0 Å². The summed E-state index contributed by atoms with van der Waals surface area (Å²) in [5.41, 5.74) is 0.375. The number of rotatable bonds is 3. The normalized spacial score (nSPS) is 19.8. The molecule has 1 aliphatic heterocycles. The number of carbonyl (C=O) groups excluding carboxylic acids is 2. The number of benzene rings is 1. The molecule has 1 fully saturated rings. The van der Waals surface area contributed by atoms with E-state index in [1.807, 2.05) is 0 Å². The van der Waals surface area contributed by atoms with Gasteiger partial charge < -0.3 is 10.2 Å². The van der Waals surface area contributed by atoms with Gasteiger partial charge in [-0.15, -0.1) is 0 Å². The number of nitrogens with zero attached hydrogens (tertiary/aromatic N) is 1. The smallest absolute Gasteiger partial charge is 0.245 e.